The van der Waals surface area contributed by atoms with Gasteiger partial charge >= 0.3 is 0 Å². The average molecular weight is 273 g/mol. The summed E-state index contributed by atoms with van der Waals surface area (Å²) in [5.74, 6) is 0. The second kappa shape index (κ2) is 3.63. The van der Waals surface area contributed by atoms with Gasteiger partial charge in [0.25, 0.3) is 0 Å². The number of nitrogens with two attached hydrogens (primary N) is 1. The predicted molar refractivity (Wildman–Crippen MR) is 60.7 cm³/mol. The maximum absolute atomic E-state index is 5.97. The molecule has 3 nitrogen and oxygen atoms in total. The van der Waals surface area contributed by atoms with Gasteiger partial charge < -0.3 is 5.73 Å². The topological polar surface area (TPSA) is 43.8 Å². The third kappa shape index (κ3) is 1.51. The van der Waals surface area contributed by atoms with Crippen molar-refractivity contribution in [2.45, 2.75) is 0 Å². The van der Waals surface area contributed by atoms with E-state index < -0.39 is 0 Å². The van der Waals surface area contributed by atoms with Gasteiger partial charge in [-0.25, -0.2) is 4.68 Å². The third-order valence-electron chi connectivity index (χ3n) is 1.82. The quantitative estimate of drug-likeness (QED) is 0.867. The van der Waals surface area contributed by atoms with Crippen molar-refractivity contribution in [3.05, 3.63) is 40.1 Å². The number of hydrogen-bond acceptors (Lipinski definition) is 2. The number of para-hydroxylation sites is 1. The maximum Gasteiger partial charge on any atom is 0.155 e. The molecule has 1 aromatic heterocycles. The molecule has 0 fully saturated rings. The molecule has 0 spiro atoms. The first-order valence-corrected chi connectivity index (χ1v) is 5.11. The first-order valence-electron chi connectivity index (χ1n) is 3.94. The molecule has 14 heavy (non-hydrogen) atoms. The lowest BCUT2D eigenvalue weighted by atomic mass is 10.3. The van der Waals surface area contributed by atoms with E-state index in [1.807, 2.05) is 24.3 Å². The number of benzene rings is 1. The first-order chi connectivity index (χ1) is 6.70. The lowest BCUT2D eigenvalue weighted by molar-refractivity contribution is 0.877. The molecule has 0 saturated carbocycles. The fourth-order valence-electron chi connectivity index (χ4n) is 1.14. The molecule has 2 N–H and O–H groups in total. The van der Waals surface area contributed by atoms with E-state index in [9.17, 15) is 0 Å². The maximum atomic E-state index is 5.97. The molecule has 0 amide bonds. The smallest absolute Gasteiger partial charge is 0.155 e. The Morgan fingerprint density at radius 2 is 2.07 bits per heavy atom. The van der Waals surface area contributed by atoms with Crippen molar-refractivity contribution in [1.29, 1.82) is 0 Å². The van der Waals surface area contributed by atoms with E-state index in [1.54, 1.807) is 4.68 Å². The molecule has 2 rings (SSSR count). The molecule has 5 heteroatoms. The second-order valence-electron chi connectivity index (χ2n) is 2.75. The third-order valence-corrected chi connectivity index (χ3v) is 2.87. The van der Waals surface area contributed by atoms with Crippen molar-refractivity contribution in [2.75, 3.05) is 5.73 Å². The molecule has 1 aromatic carbocycles. The van der Waals surface area contributed by atoms with Gasteiger partial charge in [-0.05, 0) is 28.1 Å². The summed E-state index contributed by atoms with van der Waals surface area (Å²) in [7, 11) is 0. The number of nitrogens with zero attached hydrogens (tertiary/aromatic N) is 2. The summed E-state index contributed by atoms with van der Waals surface area (Å²) in [6.07, 6.45) is 1.53. The van der Waals surface area contributed by atoms with Gasteiger partial charge in [0, 0.05) is 4.47 Å². The number of aromatic nitrogens is 2. The van der Waals surface area contributed by atoms with E-state index in [0.29, 0.717) is 10.8 Å². The van der Waals surface area contributed by atoms with Crippen LogP contribution in [-0.4, -0.2) is 9.78 Å². The molecule has 2 aromatic rings. The largest absolute Gasteiger partial charge is 0.395 e. The number of anilines is 1. The normalized spacial score (nSPS) is 10.4. The number of nitrogen functional groups attached to an aromatic ring is 1. The van der Waals surface area contributed by atoms with Crippen LogP contribution in [0.3, 0.4) is 0 Å². The lowest BCUT2D eigenvalue weighted by Gasteiger charge is -2.04. The van der Waals surface area contributed by atoms with E-state index in [4.69, 9.17) is 17.3 Å². The fraction of sp³-hybridized carbons (Fsp3) is 0. The van der Waals surface area contributed by atoms with Gasteiger partial charge in [-0.3, -0.25) is 0 Å². The van der Waals surface area contributed by atoms with Gasteiger partial charge in [0.15, 0.2) is 5.15 Å². The van der Waals surface area contributed by atoms with Crippen molar-refractivity contribution in [3.8, 4) is 5.69 Å². The average Bonchev–Trinajstić information content (AvgIpc) is 2.49. The standard InChI is InChI=1S/C9H7BrClN3/c10-6-3-1-2-4-8(6)14-9(11)7(12)5-13-14/h1-5H,12H2. The van der Waals surface area contributed by atoms with Crippen LogP contribution in [0, 0.1) is 0 Å². The molecule has 0 bridgehead atoms. The van der Waals surface area contributed by atoms with Crippen LogP contribution in [0.25, 0.3) is 5.69 Å². The van der Waals surface area contributed by atoms with Crippen molar-refractivity contribution >= 4 is 33.2 Å². The molecule has 0 radical (unpaired) electrons. The molecular weight excluding hydrogens is 265 g/mol. The van der Waals surface area contributed by atoms with Crippen LogP contribution < -0.4 is 5.73 Å². The van der Waals surface area contributed by atoms with Gasteiger partial charge in [0.1, 0.15) is 0 Å². The predicted octanol–water partition coefficient (Wildman–Crippen LogP) is 2.87. The van der Waals surface area contributed by atoms with Crippen LogP contribution in [0.1, 0.15) is 0 Å². The van der Waals surface area contributed by atoms with Gasteiger partial charge in [-0.15, -0.1) is 0 Å². The Hall–Kier alpha value is -1.000. The first kappa shape index (κ1) is 9.55. The van der Waals surface area contributed by atoms with E-state index >= 15 is 0 Å². The highest BCUT2D eigenvalue weighted by Gasteiger charge is 2.08. The van der Waals surface area contributed by atoms with Crippen LogP contribution in [-0.2, 0) is 0 Å². The van der Waals surface area contributed by atoms with E-state index in [0.717, 1.165) is 10.2 Å². The molecular formula is C9H7BrClN3. The minimum atomic E-state index is 0.428. The molecule has 0 saturated heterocycles. The van der Waals surface area contributed by atoms with Gasteiger partial charge in [0.2, 0.25) is 0 Å². The number of hydrogen-bond donors (Lipinski definition) is 1. The zero-order valence-corrected chi connectivity index (χ0v) is 9.46. The number of rotatable bonds is 1. The van der Waals surface area contributed by atoms with Crippen molar-refractivity contribution in [3.63, 3.8) is 0 Å². The minimum absolute atomic E-state index is 0.428. The molecule has 1 heterocycles. The summed E-state index contributed by atoms with van der Waals surface area (Å²) >= 11 is 9.39. The summed E-state index contributed by atoms with van der Waals surface area (Å²) in [4.78, 5) is 0. The fourth-order valence-corrected chi connectivity index (χ4v) is 1.77. The second-order valence-corrected chi connectivity index (χ2v) is 3.97. The molecule has 0 aliphatic heterocycles. The SMILES string of the molecule is Nc1cnn(-c2ccccc2Br)c1Cl. The molecule has 0 aliphatic rings. The van der Waals surface area contributed by atoms with Crippen LogP contribution in [0.15, 0.2) is 34.9 Å². The highest BCUT2D eigenvalue weighted by molar-refractivity contribution is 9.10. The van der Waals surface area contributed by atoms with Crippen LogP contribution in [0.5, 0.6) is 0 Å². The highest BCUT2D eigenvalue weighted by Crippen LogP contribution is 2.26. The van der Waals surface area contributed by atoms with Crippen LogP contribution >= 0.6 is 27.5 Å². The Morgan fingerprint density at radius 1 is 1.36 bits per heavy atom. The Kier molecular flexibility index (Phi) is 2.48. The highest BCUT2D eigenvalue weighted by atomic mass is 79.9. The van der Waals surface area contributed by atoms with Crippen molar-refractivity contribution < 1.29 is 0 Å². The zero-order chi connectivity index (χ0) is 10.1. The Bertz CT molecular complexity index is 467. The van der Waals surface area contributed by atoms with E-state index in [1.165, 1.54) is 6.20 Å². The Balaban J connectivity index is 2.60. The number of halogens is 2. The summed E-state index contributed by atoms with van der Waals surface area (Å²) in [5, 5.41) is 4.50. The summed E-state index contributed by atoms with van der Waals surface area (Å²) in [5.41, 5.74) is 6.94. The minimum Gasteiger partial charge on any atom is -0.395 e. The summed E-state index contributed by atoms with van der Waals surface area (Å²) < 4.78 is 2.51. The van der Waals surface area contributed by atoms with E-state index in [2.05, 4.69) is 21.0 Å². The Labute approximate surface area is 94.6 Å². The van der Waals surface area contributed by atoms with Crippen molar-refractivity contribution in [1.82, 2.24) is 9.78 Å². The van der Waals surface area contributed by atoms with Crippen LogP contribution in [0.4, 0.5) is 5.69 Å². The van der Waals surface area contributed by atoms with Gasteiger partial charge in [0.05, 0.1) is 17.6 Å². The molecule has 72 valence electrons. The monoisotopic (exact) mass is 271 g/mol. The van der Waals surface area contributed by atoms with E-state index in [-0.39, 0.29) is 0 Å². The van der Waals surface area contributed by atoms with Crippen LogP contribution in [0.2, 0.25) is 5.15 Å². The lowest BCUT2D eigenvalue weighted by Crippen LogP contribution is -1.97. The summed E-state index contributed by atoms with van der Waals surface area (Å²) in [6, 6.07) is 7.66. The molecule has 0 aliphatic carbocycles. The Morgan fingerprint density at radius 3 is 2.64 bits per heavy atom. The zero-order valence-electron chi connectivity index (χ0n) is 7.11. The van der Waals surface area contributed by atoms with Gasteiger partial charge in [-0.2, -0.15) is 5.10 Å². The molecule has 0 atom stereocenters. The van der Waals surface area contributed by atoms with Gasteiger partial charge in [-0.1, -0.05) is 23.7 Å². The van der Waals surface area contributed by atoms with Crippen molar-refractivity contribution in [2.24, 2.45) is 0 Å². The molecule has 0 unspecified atom stereocenters. The summed E-state index contributed by atoms with van der Waals surface area (Å²) in [6.45, 7) is 0.